The summed E-state index contributed by atoms with van der Waals surface area (Å²) in [6.45, 7) is 6.41. The van der Waals surface area contributed by atoms with Gasteiger partial charge in [-0.1, -0.05) is 36.1 Å². The Bertz CT molecular complexity index is 495. The molecule has 0 aliphatic rings. The van der Waals surface area contributed by atoms with Crippen LogP contribution in [0.2, 0.25) is 0 Å². The van der Waals surface area contributed by atoms with Crippen molar-refractivity contribution < 1.29 is 0 Å². The van der Waals surface area contributed by atoms with Crippen LogP contribution in [-0.2, 0) is 0 Å². The molecule has 0 aromatic carbocycles. The van der Waals surface area contributed by atoms with Gasteiger partial charge < -0.3 is 5.32 Å². The van der Waals surface area contributed by atoms with E-state index in [1.807, 2.05) is 0 Å². The van der Waals surface area contributed by atoms with Gasteiger partial charge in [-0.05, 0) is 5.75 Å². The van der Waals surface area contributed by atoms with Crippen molar-refractivity contribution in [1.82, 2.24) is 15.0 Å². The SMILES string of the molecule is C=CCNc1ncc2nc(SCC)sc2n1. The minimum atomic E-state index is 0.629. The van der Waals surface area contributed by atoms with Crippen molar-refractivity contribution in [3.8, 4) is 0 Å². The number of hydrogen-bond donors (Lipinski definition) is 1. The second kappa shape index (κ2) is 5.27. The van der Waals surface area contributed by atoms with E-state index in [4.69, 9.17) is 0 Å². The molecule has 0 fully saturated rings. The molecule has 2 heterocycles. The average Bonchev–Trinajstić information content (AvgIpc) is 2.68. The minimum Gasteiger partial charge on any atom is -0.351 e. The molecular weight excluding hydrogens is 240 g/mol. The molecule has 0 atom stereocenters. The van der Waals surface area contributed by atoms with Crippen molar-refractivity contribution >= 4 is 39.4 Å². The third-order valence-corrected chi connectivity index (χ3v) is 3.79. The van der Waals surface area contributed by atoms with Crippen molar-refractivity contribution in [2.45, 2.75) is 11.3 Å². The Morgan fingerprint density at radius 1 is 1.56 bits per heavy atom. The van der Waals surface area contributed by atoms with Gasteiger partial charge in [-0.3, -0.25) is 0 Å². The molecule has 1 N–H and O–H groups in total. The second-order valence-corrected chi connectivity index (χ2v) is 5.46. The fourth-order valence-corrected chi connectivity index (χ4v) is 3.03. The lowest BCUT2D eigenvalue weighted by atomic mass is 10.6. The first kappa shape index (κ1) is 11.3. The summed E-state index contributed by atoms with van der Waals surface area (Å²) >= 11 is 3.33. The van der Waals surface area contributed by atoms with E-state index < -0.39 is 0 Å². The standard InChI is InChI=1S/C10H12N4S2/c1-3-5-11-9-12-6-7-8(14-9)16-10(13-7)15-4-2/h3,6H,1,4-5H2,2H3,(H,11,12,14). The van der Waals surface area contributed by atoms with Crippen molar-refractivity contribution in [3.05, 3.63) is 18.9 Å². The number of nitrogens with zero attached hydrogens (tertiary/aromatic N) is 3. The Kier molecular flexibility index (Phi) is 3.74. The zero-order chi connectivity index (χ0) is 11.4. The number of anilines is 1. The van der Waals surface area contributed by atoms with Gasteiger partial charge in [0.25, 0.3) is 0 Å². The topological polar surface area (TPSA) is 50.7 Å². The predicted octanol–water partition coefficient (Wildman–Crippen LogP) is 2.80. The maximum Gasteiger partial charge on any atom is 0.224 e. The third-order valence-electron chi connectivity index (χ3n) is 1.80. The van der Waals surface area contributed by atoms with Crippen LogP contribution in [0.15, 0.2) is 23.2 Å². The lowest BCUT2D eigenvalue weighted by Gasteiger charge is -1.98. The van der Waals surface area contributed by atoms with Crippen LogP contribution in [-0.4, -0.2) is 27.2 Å². The Balaban J connectivity index is 2.26. The highest BCUT2D eigenvalue weighted by atomic mass is 32.2. The molecule has 0 amide bonds. The quantitative estimate of drug-likeness (QED) is 0.655. The zero-order valence-electron chi connectivity index (χ0n) is 8.93. The number of hydrogen-bond acceptors (Lipinski definition) is 6. The van der Waals surface area contributed by atoms with Gasteiger partial charge in [0.15, 0.2) is 4.34 Å². The molecule has 0 unspecified atom stereocenters. The van der Waals surface area contributed by atoms with Crippen LogP contribution in [0.1, 0.15) is 6.92 Å². The summed E-state index contributed by atoms with van der Waals surface area (Å²) in [5.74, 6) is 1.65. The third kappa shape index (κ3) is 2.51. The predicted molar refractivity (Wildman–Crippen MR) is 70.3 cm³/mol. The van der Waals surface area contributed by atoms with Crippen LogP contribution in [0, 0.1) is 0 Å². The Labute approximate surface area is 102 Å². The van der Waals surface area contributed by atoms with Gasteiger partial charge in [-0.2, -0.15) is 0 Å². The summed E-state index contributed by atoms with van der Waals surface area (Å²) in [6, 6.07) is 0. The normalized spacial score (nSPS) is 10.6. The molecule has 0 aliphatic heterocycles. The Morgan fingerprint density at radius 3 is 3.19 bits per heavy atom. The summed E-state index contributed by atoms with van der Waals surface area (Å²) in [7, 11) is 0. The van der Waals surface area contributed by atoms with Gasteiger partial charge in [-0.15, -0.1) is 6.58 Å². The van der Waals surface area contributed by atoms with E-state index >= 15 is 0 Å². The Hall–Kier alpha value is -1.14. The van der Waals surface area contributed by atoms with Crippen LogP contribution >= 0.6 is 23.1 Å². The minimum absolute atomic E-state index is 0.629. The molecule has 2 aromatic heterocycles. The molecule has 2 aromatic rings. The number of nitrogens with one attached hydrogen (secondary N) is 1. The van der Waals surface area contributed by atoms with E-state index in [-0.39, 0.29) is 0 Å². The number of aromatic nitrogens is 3. The fraction of sp³-hybridized carbons (Fsp3) is 0.300. The first-order valence-electron chi connectivity index (χ1n) is 4.94. The number of rotatable bonds is 5. The molecule has 4 nitrogen and oxygen atoms in total. The van der Waals surface area contributed by atoms with E-state index in [2.05, 4.69) is 33.8 Å². The highest BCUT2D eigenvalue weighted by Gasteiger charge is 2.06. The van der Waals surface area contributed by atoms with Gasteiger partial charge >= 0.3 is 0 Å². The van der Waals surface area contributed by atoms with Gasteiger partial charge in [-0.25, -0.2) is 15.0 Å². The lowest BCUT2D eigenvalue weighted by Crippen LogP contribution is -2.01. The molecule has 84 valence electrons. The summed E-state index contributed by atoms with van der Waals surface area (Å²) in [6.07, 6.45) is 3.53. The number of thioether (sulfide) groups is 1. The van der Waals surface area contributed by atoms with Crippen molar-refractivity contribution in [2.24, 2.45) is 0 Å². The summed E-state index contributed by atoms with van der Waals surface area (Å²) in [5.41, 5.74) is 0.866. The molecule has 0 spiro atoms. The second-order valence-electron chi connectivity index (χ2n) is 2.97. The molecule has 0 saturated heterocycles. The van der Waals surface area contributed by atoms with Gasteiger partial charge in [0.1, 0.15) is 10.3 Å². The van der Waals surface area contributed by atoms with E-state index in [0.29, 0.717) is 12.5 Å². The van der Waals surface area contributed by atoms with Gasteiger partial charge in [0.2, 0.25) is 5.95 Å². The average molecular weight is 252 g/mol. The molecule has 2 rings (SSSR count). The fourth-order valence-electron chi connectivity index (χ4n) is 1.15. The van der Waals surface area contributed by atoms with Crippen LogP contribution < -0.4 is 5.32 Å². The van der Waals surface area contributed by atoms with Crippen molar-refractivity contribution in [3.63, 3.8) is 0 Å². The monoisotopic (exact) mass is 252 g/mol. The molecule has 0 radical (unpaired) electrons. The molecule has 6 heteroatoms. The van der Waals surface area contributed by atoms with Gasteiger partial charge in [0, 0.05) is 6.54 Å². The Morgan fingerprint density at radius 2 is 2.44 bits per heavy atom. The molecule has 0 aliphatic carbocycles. The first-order chi connectivity index (χ1) is 7.83. The number of fused-ring (bicyclic) bond motifs is 1. The van der Waals surface area contributed by atoms with Crippen molar-refractivity contribution in [1.29, 1.82) is 0 Å². The smallest absolute Gasteiger partial charge is 0.224 e. The highest BCUT2D eigenvalue weighted by molar-refractivity contribution is 8.01. The molecular formula is C10H12N4S2. The molecule has 0 saturated carbocycles. The molecule has 16 heavy (non-hydrogen) atoms. The summed E-state index contributed by atoms with van der Waals surface area (Å²) in [5, 5.41) is 3.06. The van der Waals surface area contributed by atoms with E-state index in [1.54, 1.807) is 35.4 Å². The maximum atomic E-state index is 4.43. The van der Waals surface area contributed by atoms with Crippen LogP contribution in [0.25, 0.3) is 10.3 Å². The van der Waals surface area contributed by atoms with Crippen LogP contribution in [0.5, 0.6) is 0 Å². The van der Waals surface area contributed by atoms with E-state index in [1.165, 1.54) is 0 Å². The van der Waals surface area contributed by atoms with E-state index in [9.17, 15) is 0 Å². The van der Waals surface area contributed by atoms with Gasteiger partial charge in [0.05, 0.1) is 6.20 Å². The van der Waals surface area contributed by atoms with Crippen LogP contribution in [0.4, 0.5) is 5.95 Å². The van der Waals surface area contributed by atoms with E-state index in [0.717, 1.165) is 20.4 Å². The summed E-state index contributed by atoms with van der Waals surface area (Å²) < 4.78 is 1.05. The highest BCUT2D eigenvalue weighted by Crippen LogP contribution is 2.27. The van der Waals surface area contributed by atoms with Crippen molar-refractivity contribution in [2.75, 3.05) is 17.6 Å². The summed E-state index contributed by atoms with van der Waals surface area (Å²) in [4.78, 5) is 13.9. The van der Waals surface area contributed by atoms with Crippen LogP contribution in [0.3, 0.4) is 0 Å². The maximum absolute atomic E-state index is 4.43. The lowest BCUT2D eigenvalue weighted by molar-refractivity contribution is 1.15. The molecule has 0 bridgehead atoms. The number of thiazole rings is 1. The zero-order valence-corrected chi connectivity index (χ0v) is 10.6. The first-order valence-corrected chi connectivity index (χ1v) is 6.75. The largest absolute Gasteiger partial charge is 0.351 e.